The molecule has 0 aliphatic heterocycles. The monoisotopic (exact) mass is 208 g/mol. The van der Waals surface area contributed by atoms with Gasteiger partial charge < -0.3 is 0 Å². The third-order valence-electron chi connectivity index (χ3n) is 2.43. The maximum absolute atomic E-state index is 10.8. The van der Waals surface area contributed by atoms with Gasteiger partial charge in [-0.3, -0.25) is 4.79 Å². The molecule has 0 saturated carbocycles. The van der Waals surface area contributed by atoms with Gasteiger partial charge in [0, 0.05) is 16.7 Å². The Hall–Kier alpha value is -2.07. The second-order valence-corrected chi connectivity index (χ2v) is 3.59. The van der Waals surface area contributed by atoms with Gasteiger partial charge >= 0.3 is 0 Å². The smallest absolute Gasteiger partial charge is 0.150 e. The van der Waals surface area contributed by atoms with Crippen LogP contribution < -0.4 is 0 Å². The van der Waals surface area contributed by atoms with Crippen molar-refractivity contribution in [3.05, 3.63) is 59.2 Å². The Morgan fingerprint density at radius 1 is 1.00 bits per heavy atom. The molecule has 0 spiro atoms. The Morgan fingerprint density at radius 3 is 2.50 bits per heavy atom. The molecule has 1 aliphatic rings. The second kappa shape index (κ2) is 5.14. The van der Waals surface area contributed by atoms with Crippen LogP contribution in [0.25, 0.3) is 0 Å². The van der Waals surface area contributed by atoms with Crippen LogP contribution in [-0.2, 0) is 4.79 Å². The van der Waals surface area contributed by atoms with Gasteiger partial charge in [0.15, 0.2) is 6.29 Å². The van der Waals surface area contributed by atoms with Crippen molar-refractivity contribution in [2.24, 2.45) is 0 Å². The topological polar surface area (TPSA) is 17.1 Å². The van der Waals surface area contributed by atoms with E-state index >= 15 is 0 Å². The van der Waals surface area contributed by atoms with Gasteiger partial charge in [-0.2, -0.15) is 0 Å². The van der Waals surface area contributed by atoms with E-state index in [1.54, 1.807) is 0 Å². The van der Waals surface area contributed by atoms with Crippen LogP contribution >= 0.6 is 0 Å². The van der Waals surface area contributed by atoms with Gasteiger partial charge in [-0.15, -0.1) is 0 Å². The van der Waals surface area contributed by atoms with E-state index in [2.05, 4.69) is 11.8 Å². The molecule has 1 aromatic carbocycles. The lowest BCUT2D eigenvalue weighted by Gasteiger charge is -2.04. The van der Waals surface area contributed by atoms with Gasteiger partial charge in [0.2, 0.25) is 0 Å². The van der Waals surface area contributed by atoms with Crippen molar-refractivity contribution in [3.8, 4) is 11.8 Å². The van der Waals surface area contributed by atoms with Gasteiger partial charge in [-0.1, -0.05) is 42.2 Å². The van der Waals surface area contributed by atoms with Gasteiger partial charge in [0.25, 0.3) is 0 Å². The minimum Gasteiger partial charge on any atom is -0.298 e. The summed E-state index contributed by atoms with van der Waals surface area (Å²) < 4.78 is 0. The number of benzene rings is 1. The largest absolute Gasteiger partial charge is 0.298 e. The van der Waals surface area contributed by atoms with Crippen LogP contribution in [0.2, 0.25) is 0 Å². The number of aldehydes is 1. The first-order valence-electron chi connectivity index (χ1n) is 5.33. The normalized spacial score (nSPS) is 14.2. The highest BCUT2D eigenvalue weighted by atomic mass is 16.1. The fourth-order valence-electron chi connectivity index (χ4n) is 1.59. The fourth-order valence-corrected chi connectivity index (χ4v) is 1.59. The molecule has 1 nitrogen and oxygen atoms in total. The van der Waals surface area contributed by atoms with E-state index in [0.717, 1.165) is 35.8 Å². The minimum absolute atomic E-state index is 0.717. The van der Waals surface area contributed by atoms with E-state index in [4.69, 9.17) is 0 Å². The standard InChI is InChI=1S/C15H12O/c16-12-15-9-5-4-8-14(15)11-10-13-6-2-1-3-7-13/h1-3,6-9,12H,4-5H2. The molecule has 0 heterocycles. The number of allylic oxidation sites excluding steroid dienone is 4. The molecular weight excluding hydrogens is 196 g/mol. The predicted octanol–water partition coefficient (Wildman–Crippen LogP) is 2.88. The molecule has 0 bridgehead atoms. The number of rotatable bonds is 1. The van der Waals surface area contributed by atoms with Crippen molar-refractivity contribution in [1.82, 2.24) is 0 Å². The molecule has 16 heavy (non-hydrogen) atoms. The summed E-state index contributed by atoms with van der Waals surface area (Å²) in [5, 5.41) is 0. The van der Waals surface area contributed by atoms with Gasteiger partial charge in [-0.25, -0.2) is 0 Å². The van der Waals surface area contributed by atoms with Crippen molar-refractivity contribution >= 4 is 6.29 Å². The Kier molecular flexibility index (Phi) is 3.35. The quantitative estimate of drug-likeness (QED) is 0.512. The zero-order valence-electron chi connectivity index (χ0n) is 8.94. The number of hydrogen-bond acceptors (Lipinski definition) is 1. The van der Waals surface area contributed by atoms with Crippen LogP contribution in [0.15, 0.2) is 53.6 Å². The lowest BCUT2D eigenvalue weighted by Crippen LogP contribution is -1.94. The van der Waals surface area contributed by atoms with Gasteiger partial charge in [-0.05, 0) is 25.0 Å². The van der Waals surface area contributed by atoms with Crippen LogP contribution in [0.4, 0.5) is 0 Å². The van der Waals surface area contributed by atoms with Crippen molar-refractivity contribution in [1.29, 1.82) is 0 Å². The number of hydrogen-bond donors (Lipinski definition) is 0. The molecule has 0 amide bonds. The van der Waals surface area contributed by atoms with E-state index < -0.39 is 0 Å². The molecule has 0 aromatic heterocycles. The molecule has 0 unspecified atom stereocenters. The SMILES string of the molecule is O=CC1=CCCC=C1C#Cc1ccccc1. The summed E-state index contributed by atoms with van der Waals surface area (Å²) in [4.78, 5) is 10.8. The van der Waals surface area contributed by atoms with Gasteiger partial charge in [0.1, 0.15) is 0 Å². The molecule has 0 radical (unpaired) electrons. The van der Waals surface area contributed by atoms with E-state index in [-0.39, 0.29) is 0 Å². The van der Waals surface area contributed by atoms with E-state index in [1.165, 1.54) is 0 Å². The van der Waals surface area contributed by atoms with Crippen LogP contribution in [-0.4, -0.2) is 6.29 Å². The van der Waals surface area contributed by atoms with Crippen molar-refractivity contribution in [2.45, 2.75) is 12.8 Å². The molecule has 1 aliphatic carbocycles. The lowest BCUT2D eigenvalue weighted by molar-refractivity contribution is -0.104. The molecule has 78 valence electrons. The molecule has 0 fully saturated rings. The maximum atomic E-state index is 10.8. The third kappa shape index (κ3) is 2.49. The summed E-state index contributed by atoms with van der Waals surface area (Å²) in [6.45, 7) is 0. The van der Waals surface area contributed by atoms with Crippen molar-refractivity contribution in [3.63, 3.8) is 0 Å². The molecular formula is C15H12O. The Labute approximate surface area is 95.5 Å². The number of carbonyl (C=O) groups excluding carboxylic acids is 1. The van der Waals surface area contributed by atoms with E-state index in [0.29, 0.717) is 0 Å². The molecule has 1 heteroatoms. The molecule has 0 atom stereocenters. The Morgan fingerprint density at radius 2 is 1.75 bits per heavy atom. The van der Waals surface area contributed by atoms with Crippen molar-refractivity contribution < 1.29 is 4.79 Å². The minimum atomic E-state index is 0.717. The Bertz CT molecular complexity index is 495. The van der Waals surface area contributed by atoms with E-state index in [9.17, 15) is 4.79 Å². The summed E-state index contributed by atoms with van der Waals surface area (Å²) in [5.41, 5.74) is 2.54. The van der Waals surface area contributed by atoms with Crippen LogP contribution in [0.3, 0.4) is 0 Å². The predicted molar refractivity (Wildman–Crippen MR) is 64.8 cm³/mol. The second-order valence-electron chi connectivity index (χ2n) is 3.59. The highest BCUT2D eigenvalue weighted by molar-refractivity contribution is 5.83. The highest BCUT2D eigenvalue weighted by Gasteiger charge is 2.04. The van der Waals surface area contributed by atoms with Crippen LogP contribution in [0, 0.1) is 11.8 Å². The first kappa shape index (κ1) is 10.4. The molecule has 0 N–H and O–H groups in total. The average Bonchev–Trinajstić information content (AvgIpc) is 2.38. The molecule has 0 saturated heterocycles. The Balaban J connectivity index is 2.22. The first-order valence-corrected chi connectivity index (χ1v) is 5.33. The zero-order chi connectivity index (χ0) is 11.2. The summed E-state index contributed by atoms with van der Waals surface area (Å²) in [7, 11) is 0. The fraction of sp³-hybridized carbons (Fsp3) is 0.133. The first-order chi connectivity index (χ1) is 7.90. The highest BCUT2D eigenvalue weighted by Crippen LogP contribution is 2.16. The van der Waals surface area contributed by atoms with Crippen LogP contribution in [0.1, 0.15) is 18.4 Å². The summed E-state index contributed by atoms with van der Waals surface area (Å²) >= 11 is 0. The summed E-state index contributed by atoms with van der Waals surface area (Å²) in [6, 6.07) is 9.79. The lowest BCUT2D eigenvalue weighted by atomic mass is 9.99. The third-order valence-corrected chi connectivity index (χ3v) is 2.43. The molecule has 2 rings (SSSR count). The summed E-state index contributed by atoms with van der Waals surface area (Å²) in [6.07, 6.45) is 6.76. The summed E-state index contributed by atoms with van der Waals surface area (Å²) in [5.74, 6) is 6.11. The van der Waals surface area contributed by atoms with Crippen molar-refractivity contribution in [2.75, 3.05) is 0 Å². The van der Waals surface area contributed by atoms with E-state index in [1.807, 2.05) is 42.5 Å². The maximum Gasteiger partial charge on any atom is 0.150 e. The zero-order valence-corrected chi connectivity index (χ0v) is 8.94. The molecule has 1 aromatic rings. The van der Waals surface area contributed by atoms with Crippen LogP contribution in [0.5, 0.6) is 0 Å². The number of carbonyl (C=O) groups is 1. The average molecular weight is 208 g/mol. The van der Waals surface area contributed by atoms with Gasteiger partial charge in [0.05, 0.1) is 0 Å².